The Morgan fingerprint density at radius 3 is 2.50 bits per heavy atom. The van der Waals surface area contributed by atoms with Gasteiger partial charge in [0.05, 0.1) is 11.7 Å². The summed E-state index contributed by atoms with van der Waals surface area (Å²) in [5.74, 6) is -1.13. The van der Waals surface area contributed by atoms with E-state index < -0.39 is 11.9 Å². The van der Waals surface area contributed by atoms with Gasteiger partial charge >= 0.3 is 11.9 Å². The van der Waals surface area contributed by atoms with Crippen LogP contribution >= 0.6 is 0 Å². The average molecular weight is 323 g/mol. The number of aromatic nitrogens is 1. The summed E-state index contributed by atoms with van der Waals surface area (Å²) in [6.45, 7) is 1.25. The second kappa shape index (κ2) is 6.37. The van der Waals surface area contributed by atoms with Crippen molar-refractivity contribution in [1.82, 2.24) is 4.73 Å². The van der Waals surface area contributed by atoms with Crippen LogP contribution in [-0.4, -0.2) is 23.0 Å². The Kier molecular flexibility index (Phi) is 4.11. The second-order valence-corrected chi connectivity index (χ2v) is 5.01. The van der Waals surface area contributed by atoms with Crippen molar-refractivity contribution < 1.29 is 24.0 Å². The summed E-state index contributed by atoms with van der Waals surface area (Å²) in [7, 11) is 0. The molecule has 0 saturated heterocycles. The number of fused-ring (bicyclic) bond motifs is 1. The minimum Gasteiger partial charge on any atom is -0.426 e. The van der Waals surface area contributed by atoms with Gasteiger partial charge in [-0.3, -0.25) is 9.59 Å². The van der Waals surface area contributed by atoms with Gasteiger partial charge in [-0.2, -0.15) is 4.73 Å². The van der Waals surface area contributed by atoms with Crippen LogP contribution in [0.3, 0.4) is 0 Å². The van der Waals surface area contributed by atoms with E-state index in [-0.39, 0.29) is 11.3 Å². The van der Waals surface area contributed by atoms with Gasteiger partial charge in [0.15, 0.2) is 6.29 Å². The van der Waals surface area contributed by atoms with E-state index in [4.69, 9.17) is 9.57 Å². The van der Waals surface area contributed by atoms with Crippen LogP contribution < -0.4 is 9.57 Å². The molecule has 120 valence electrons. The van der Waals surface area contributed by atoms with Gasteiger partial charge in [0.2, 0.25) is 0 Å². The summed E-state index contributed by atoms with van der Waals surface area (Å²) in [4.78, 5) is 40.1. The number of esters is 1. The van der Waals surface area contributed by atoms with Crippen LogP contribution in [0.1, 0.15) is 27.6 Å². The van der Waals surface area contributed by atoms with Crippen molar-refractivity contribution in [3.05, 3.63) is 65.9 Å². The van der Waals surface area contributed by atoms with Crippen LogP contribution in [0.2, 0.25) is 0 Å². The van der Waals surface area contributed by atoms with Gasteiger partial charge in [-0.05, 0) is 18.2 Å². The molecule has 0 bridgehead atoms. The Balaban J connectivity index is 1.97. The van der Waals surface area contributed by atoms with E-state index in [1.54, 1.807) is 36.4 Å². The Labute approximate surface area is 137 Å². The monoisotopic (exact) mass is 323 g/mol. The molecule has 0 atom stereocenters. The summed E-state index contributed by atoms with van der Waals surface area (Å²) < 4.78 is 6.24. The van der Waals surface area contributed by atoms with E-state index in [1.807, 2.05) is 0 Å². The molecule has 0 N–H and O–H groups in total. The van der Waals surface area contributed by atoms with Crippen LogP contribution in [0.4, 0.5) is 0 Å². The van der Waals surface area contributed by atoms with E-state index in [9.17, 15) is 14.4 Å². The van der Waals surface area contributed by atoms with Crippen LogP contribution in [0.15, 0.2) is 54.7 Å². The average Bonchev–Trinajstić information content (AvgIpc) is 2.93. The Bertz CT molecular complexity index is 941. The fourth-order valence-corrected chi connectivity index (χ4v) is 2.36. The molecule has 3 rings (SSSR count). The van der Waals surface area contributed by atoms with Gasteiger partial charge < -0.3 is 9.57 Å². The summed E-state index contributed by atoms with van der Waals surface area (Å²) in [6.07, 6.45) is 2.13. The number of carbonyl (C=O) groups is 3. The molecule has 1 aromatic heterocycles. The lowest BCUT2D eigenvalue weighted by Crippen LogP contribution is -2.20. The molecule has 3 aromatic rings. The minimum absolute atomic E-state index is 0.109. The number of hydrogen-bond donors (Lipinski definition) is 0. The fraction of sp³-hybridized carbons (Fsp3) is 0.0556. The van der Waals surface area contributed by atoms with E-state index >= 15 is 0 Å². The molecular weight excluding hydrogens is 310 g/mol. The van der Waals surface area contributed by atoms with E-state index in [1.165, 1.54) is 30.0 Å². The van der Waals surface area contributed by atoms with E-state index in [2.05, 4.69) is 0 Å². The van der Waals surface area contributed by atoms with Crippen LogP contribution in [-0.2, 0) is 4.79 Å². The van der Waals surface area contributed by atoms with Gasteiger partial charge in [0, 0.05) is 17.9 Å². The highest BCUT2D eigenvalue weighted by Crippen LogP contribution is 2.21. The standard InChI is InChI=1S/C18H13NO5/c1-12(21)23-17-9-5-3-7-15(17)18(22)24-19-10-13(11-20)14-6-2-4-8-16(14)19/h2-11H,1H3. The molecule has 0 aliphatic carbocycles. The third kappa shape index (κ3) is 2.89. The van der Waals surface area contributed by atoms with Gasteiger partial charge in [-0.15, -0.1) is 0 Å². The highest BCUT2D eigenvalue weighted by molar-refractivity contribution is 5.98. The Morgan fingerprint density at radius 2 is 1.75 bits per heavy atom. The number of nitrogens with zero attached hydrogens (tertiary/aromatic N) is 1. The van der Waals surface area contributed by atoms with Gasteiger partial charge in [0.1, 0.15) is 11.3 Å². The molecule has 6 heteroatoms. The predicted molar refractivity (Wildman–Crippen MR) is 86.0 cm³/mol. The zero-order valence-electron chi connectivity index (χ0n) is 12.8. The minimum atomic E-state index is -0.704. The molecule has 24 heavy (non-hydrogen) atoms. The van der Waals surface area contributed by atoms with Crippen molar-refractivity contribution in [2.24, 2.45) is 0 Å². The van der Waals surface area contributed by atoms with Crippen molar-refractivity contribution in [1.29, 1.82) is 0 Å². The molecule has 0 saturated carbocycles. The maximum absolute atomic E-state index is 12.4. The SMILES string of the molecule is CC(=O)Oc1ccccc1C(=O)On1cc(C=O)c2ccccc21. The molecule has 0 unspecified atom stereocenters. The van der Waals surface area contributed by atoms with Crippen LogP contribution in [0.5, 0.6) is 5.75 Å². The molecular formula is C18H13NO5. The lowest BCUT2D eigenvalue weighted by molar-refractivity contribution is -0.131. The van der Waals surface area contributed by atoms with Crippen LogP contribution in [0.25, 0.3) is 10.9 Å². The summed E-state index contributed by atoms with van der Waals surface area (Å²) in [6, 6.07) is 13.3. The maximum atomic E-state index is 12.4. The number of hydrogen-bond acceptors (Lipinski definition) is 5. The van der Waals surface area contributed by atoms with Gasteiger partial charge in [-0.1, -0.05) is 30.3 Å². The normalized spacial score (nSPS) is 10.4. The molecule has 1 heterocycles. The Hall–Kier alpha value is -3.41. The van der Waals surface area contributed by atoms with Gasteiger partial charge in [0.25, 0.3) is 0 Å². The quantitative estimate of drug-likeness (QED) is 0.419. The van der Waals surface area contributed by atoms with E-state index in [0.717, 1.165) is 0 Å². The highest BCUT2D eigenvalue weighted by Gasteiger charge is 2.18. The summed E-state index contributed by atoms with van der Waals surface area (Å²) >= 11 is 0. The Morgan fingerprint density at radius 1 is 1.04 bits per heavy atom. The zero-order chi connectivity index (χ0) is 17.1. The number of rotatable bonds is 4. The zero-order valence-corrected chi connectivity index (χ0v) is 12.8. The van der Waals surface area contributed by atoms with Crippen molar-refractivity contribution in [2.75, 3.05) is 0 Å². The lowest BCUT2D eigenvalue weighted by atomic mass is 10.2. The van der Waals surface area contributed by atoms with E-state index in [0.29, 0.717) is 22.8 Å². The largest absolute Gasteiger partial charge is 0.426 e. The molecule has 0 spiro atoms. The summed E-state index contributed by atoms with van der Waals surface area (Å²) in [5.41, 5.74) is 1.10. The molecule has 0 aliphatic rings. The number of para-hydroxylation sites is 2. The topological polar surface area (TPSA) is 74.6 Å². The highest BCUT2D eigenvalue weighted by atomic mass is 16.7. The lowest BCUT2D eigenvalue weighted by Gasteiger charge is -2.09. The molecule has 6 nitrogen and oxygen atoms in total. The molecule has 0 fully saturated rings. The number of ether oxygens (including phenoxy) is 1. The number of benzene rings is 2. The van der Waals surface area contributed by atoms with Crippen molar-refractivity contribution >= 4 is 29.1 Å². The molecule has 2 aromatic carbocycles. The smallest absolute Gasteiger partial charge is 0.367 e. The first-order chi connectivity index (χ1) is 11.6. The number of carbonyl (C=O) groups excluding carboxylic acids is 3. The number of aldehydes is 1. The first-order valence-electron chi connectivity index (χ1n) is 7.15. The van der Waals surface area contributed by atoms with Crippen LogP contribution in [0, 0.1) is 0 Å². The molecule has 0 radical (unpaired) electrons. The predicted octanol–water partition coefficient (Wildman–Crippen LogP) is 2.65. The summed E-state index contributed by atoms with van der Waals surface area (Å²) in [5, 5.41) is 0.675. The second-order valence-electron chi connectivity index (χ2n) is 5.01. The fourth-order valence-electron chi connectivity index (χ4n) is 2.36. The third-order valence-corrected chi connectivity index (χ3v) is 3.38. The van der Waals surface area contributed by atoms with Crippen molar-refractivity contribution in [3.8, 4) is 5.75 Å². The van der Waals surface area contributed by atoms with Crippen molar-refractivity contribution in [2.45, 2.75) is 6.92 Å². The first kappa shape index (κ1) is 15.5. The van der Waals surface area contributed by atoms with Crippen molar-refractivity contribution in [3.63, 3.8) is 0 Å². The maximum Gasteiger partial charge on any atom is 0.367 e. The molecule has 0 amide bonds. The van der Waals surface area contributed by atoms with Gasteiger partial charge in [-0.25, -0.2) is 4.79 Å². The first-order valence-corrected chi connectivity index (χ1v) is 7.15. The molecule has 0 aliphatic heterocycles. The third-order valence-electron chi connectivity index (χ3n) is 3.38.